The van der Waals surface area contributed by atoms with Gasteiger partial charge in [-0.25, -0.2) is 4.39 Å². The number of benzene rings is 2. The van der Waals surface area contributed by atoms with Crippen LogP contribution in [-0.4, -0.2) is 17.0 Å². The van der Waals surface area contributed by atoms with Crippen LogP contribution in [0.3, 0.4) is 0 Å². The minimum atomic E-state index is -0.520. The molecule has 0 atom stereocenters. The van der Waals surface area contributed by atoms with Crippen molar-refractivity contribution in [2.75, 3.05) is 5.32 Å². The number of hydrogen-bond acceptors (Lipinski definition) is 3. The third kappa shape index (κ3) is 2.92. The number of anilines is 1. The molecule has 0 aliphatic carbocycles. The van der Waals surface area contributed by atoms with E-state index in [9.17, 15) is 9.18 Å². The van der Waals surface area contributed by atoms with E-state index in [-0.39, 0.29) is 17.1 Å². The van der Waals surface area contributed by atoms with Crippen LogP contribution in [-0.2, 0) is 0 Å². The summed E-state index contributed by atoms with van der Waals surface area (Å²) >= 11 is 0. The van der Waals surface area contributed by atoms with Gasteiger partial charge in [0, 0.05) is 11.1 Å². The highest BCUT2D eigenvalue weighted by Gasteiger charge is 2.10. The number of nitrogens with one attached hydrogen (secondary N) is 1. The SMILES string of the molecule is N/C(=N\O)c1cccc(C(=O)Nc2ccccc2F)c1. The van der Waals surface area contributed by atoms with Gasteiger partial charge in [-0.2, -0.15) is 0 Å². The zero-order valence-corrected chi connectivity index (χ0v) is 10.4. The number of amides is 1. The van der Waals surface area contributed by atoms with Gasteiger partial charge in [0.05, 0.1) is 5.69 Å². The molecule has 2 aromatic carbocycles. The van der Waals surface area contributed by atoms with Gasteiger partial charge in [-0.15, -0.1) is 0 Å². The number of nitrogens with zero attached hydrogens (tertiary/aromatic N) is 1. The highest BCUT2D eigenvalue weighted by molar-refractivity contribution is 6.06. The van der Waals surface area contributed by atoms with Gasteiger partial charge in [0.2, 0.25) is 0 Å². The molecule has 0 bridgehead atoms. The molecule has 6 heteroatoms. The summed E-state index contributed by atoms with van der Waals surface area (Å²) in [6.45, 7) is 0. The van der Waals surface area contributed by atoms with Crippen molar-refractivity contribution in [3.8, 4) is 0 Å². The Balaban J connectivity index is 2.24. The molecule has 0 radical (unpaired) electrons. The third-order valence-corrected chi connectivity index (χ3v) is 2.65. The van der Waals surface area contributed by atoms with Crippen molar-refractivity contribution in [3.05, 3.63) is 65.5 Å². The van der Waals surface area contributed by atoms with E-state index < -0.39 is 11.7 Å². The maximum absolute atomic E-state index is 13.4. The van der Waals surface area contributed by atoms with E-state index in [0.29, 0.717) is 5.56 Å². The lowest BCUT2D eigenvalue weighted by atomic mass is 10.1. The Morgan fingerprint density at radius 2 is 1.85 bits per heavy atom. The summed E-state index contributed by atoms with van der Waals surface area (Å²) in [6.07, 6.45) is 0. The molecule has 102 valence electrons. The summed E-state index contributed by atoms with van der Waals surface area (Å²) in [4.78, 5) is 12.0. The Hall–Kier alpha value is -2.89. The monoisotopic (exact) mass is 273 g/mol. The summed E-state index contributed by atoms with van der Waals surface area (Å²) in [6, 6.07) is 12.0. The second-order valence-electron chi connectivity index (χ2n) is 4.00. The van der Waals surface area contributed by atoms with Crippen molar-refractivity contribution in [2.45, 2.75) is 0 Å². The lowest BCUT2D eigenvalue weighted by molar-refractivity contribution is 0.102. The smallest absolute Gasteiger partial charge is 0.255 e. The molecule has 4 N–H and O–H groups in total. The van der Waals surface area contributed by atoms with E-state index in [1.54, 1.807) is 24.3 Å². The highest BCUT2D eigenvalue weighted by Crippen LogP contribution is 2.14. The maximum atomic E-state index is 13.4. The van der Waals surface area contributed by atoms with E-state index in [2.05, 4.69) is 10.5 Å². The molecule has 0 unspecified atom stereocenters. The van der Waals surface area contributed by atoms with Gasteiger partial charge in [-0.1, -0.05) is 29.4 Å². The lowest BCUT2D eigenvalue weighted by Gasteiger charge is -2.07. The van der Waals surface area contributed by atoms with Crippen molar-refractivity contribution < 1.29 is 14.4 Å². The van der Waals surface area contributed by atoms with Gasteiger partial charge in [0.15, 0.2) is 5.84 Å². The average Bonchev–Trinajstić information content (AvgIpc) is 2.49. The number of carbonyl (C=O) groups excluding carboxylic acids is 1. The van der Waals surface area contributed by atoms with E-state index in [1.807, 2.05) is 0 Å². The Morgan fingerprint density at radius 3 is 2.55 bits per heavy atom. The summed E-state index contributed by atoms with van der Waals surface area (Å²) < 4.78 is 13.4. The van der Waals surface area contributed by atoms with Gasteiger partial charge in [-0.3, -0.25) is 4.79 Å². The number of nitrogens with two attached hydrogens (primary N) is 1. The van der Waals surface area contributed by atoms with Crippen LogP contribution in [0.5, 0.6) is 0 Å². The third-order valence-electron chi connectivity index (χ3n) is 2.65. The number of carbonyl (C=O) groups is 1. The van der Waals surface area contributed by atoms with Gasteiger partial charge < -0.3 is 16.3 Å². The van der Waals surface area contributed by atoms with Crippen molar-refractivity contribution in [3.63, 3.8) is 0 Å². The molecule has 1 amide bonds. The molecule has 0 fully saturated rings. The zero-order valence-electron chi connectivity index (χ0n) is 10.4. The van der Waals surface area contributed by atoms with Crippen LogP contribution in [0.4, 0.5) is 10.1 Å². The molecule has 0 heterocycles. The summed E-state index contributed by atoms with van der Waals surface area (Å²) in [5.41, 5.74) is 6.21. The molecular weight excluding hydrogens is 261 g/mol. The van der Waals surface area contributed by atoms with Crippen LogP contribution in [0.25, 0.3) is 0 Å². The van der Waals surface area contributed by atoms with Gasteiger partial charge in [0.1, 0.15) is 5.82 Å². The first-order valence-electron chi connectivity index (χ1n) is 5.75. The van der Waals surface area contributed by atoms with Crippen LogP contribution in [0.1, 0.15) is 15.9 Å². The maximum Gasteiger partial charge on any atom is 0.255 e. The quantitative estimate of drug-likeness (QED) is 0.346. The normalized spacial score (nSPS) is 11.2. The zero-order chi connectivity index (χ0) is 14.5. The summed E-state index contributed by atoms with van der Waals surface area (Å²) in [5, 5.41) is 13.9. The molecule has 0 aliphatic heterocycles. The van der Waals surface area contributed by atoms with E-state index in [4.69, 9.17) is 10.9 Å². The van der Waals surface area contributed by atoms with Crippen LogP contribution in [0, 0.1) is 5.82 Å². The highest BCUT2D eigenvalue weighted by atomic mass is 19.1. The Bertz CT molecular complexity index is 671. The van der Waals surface area contributed by atoms with Crippen molar-refractivity contribution >= 4 is 17.4 Å². The topological polar surface area (TPSA) is 87.7 Å². The van der Waals surface area contributed by atoms with Gasteiger partial charge in [0.25, 0.3) is 5.91 Å². The molecule has 0 saturated heterocycles. The number of oxime groups is 1. The van der Waals surface area contributed by atoms with Crippen LogP contribution in [0.2, 0.25) is 0 Å². The second kappa shape index (κ2) is 5.83. The summed E-state index contributed by atoms with van der Waals surface area (Å²) in [7, 11) is 0. The van der Waals surface area contributed by atoms with Crippen LogP contribution >= 0.6 is 0 Å². The largest absolute Gasteiger partial charge is 0.409 e. The van der Waals surface area contributed by atoms with Crippen LogP contribution < -0.4 is 11.1 Å². The van der Waals surface area contributed by atoms with E-state index in [0.717, 1.165) is 0 Å². The minimum Gasteiger partial charge on any atom is -0.409 e. The standard InChI is InChI=1S/C14H12FN3O2/c15-11-6-1-2-7-12(11)17-14(19)10-5-3-4-9(8-10)13(16)18-20/h1-8,20H,(H2,16,18)(H,17,19). The number of para-hydroxylation sites is 1. The number of halogens is 1. The molecule has 0 saturated carbocycles. The Kier molecular flexibility index (Phi) is 3.95. The number of hydrogen-bond donors (Lipinski definition) is 3. The van der Waals surface area contributed by atoms with Gasteiger partial charge in [-0.05, 0) is 24.3 Å². The van der Waals surface area contributed by atoms with Crippen LogP contribution in [0.15, 0.2) is 53.7 Å². The van der Waals surface area contributed by atoms with Crippen molar-refractivity contribution in [1.29, 1.82) is 0 Å². The molecule has 0 spiro atoms. The predicted molar refractivity (Wildman–Crippen MR) is 73.3 cm³/mol. The molecule has 0 aliphatic rings. The molecular formula is C14H12FN3O2. The number of rotatable bonds is 3. The molecule has 20 heavy (non-hydrogen) atoms. The van der Waals surface area contributed by atoms with Crippen molar-refractivity contribution in [2.24, 2.45) is 10.9 Å². The van der Waals surface area contributed by atoms with E-state index >= 15 is 0 Å². The second-order valence-corrected chi connectivity index (χ2v) is 4.00. The fourth-order valence-corrected chi connectivity index (χ4v) is 1.63. The molecule has 5 nitrogen and oxygen atoms in total. The Morgan fingerprint density at radius 1 is 1.15 bits per heavy atom. The Labute approximate surface area is 114 Å². The molecule has 2 aromatic rings. The first-order chi connectivity index (χ1) is 9.61. The minimum absolute atomic E-state index is 0.0895. The fourth-order valence-electron chi connectivity index (χ4n) is 1.63. The fraction of sp³-hybridized carbons (Fsp3) is 0. The van der Waals surface area contributed by atoms with Crippen molar-refractivity contribution in [1.82, 2.24) is 0 Å². The summed E-state index contributed by atoms with van der Waals surface area (Å²) in [5.74, 6) is -1.11. The first-order valence-corrected chi connectivity index (χ1v) is 5.75. The molecule has 0 aromatic heterocycles. The predicted octanol–water partition coefficient (Wildman–Crippen LogP) is 2.17. The first kappa shape index (κ1) is 13.5. The molecule has 2 rings (SSSR count). The number of amidine groups is 1. The van der Waals surface area contributed by atoms with Gasteiger partial charge >= 0.3 is 0 Å². The lowest BCUT2D eigenvalue weighted by Crippen LogP contribution is -2.16. The van der Waals surface area contributed by atoms with E-state index in [1.165, 1.54) is 24.3 Å². The average molecular weight is 273 g/mol.